The Morgan fingerprint density at radius 3 is 2.40 bits per heavy atom. The number of thiazole rings is 1. The number of likely N-dealkylation sites (tertiary alicyclic amines) is 1. The molecule has 1 amide bonds. The summed E-state index contributed by atoms with van der Waals surface area (Å²) in [5, 5.41) is 0.899. The maximum absolute atomic E-state index is 12.9. The minimum atomic E-state index is 0.147. The van der Waals surface area contributed by atoms with Crippen LogP contribution in [0.3, 0.4) is 0 Å². The molecule has 134 valence electrons. The van der Waals surface area contributed by atoms with Crippen molar-refractivity contribution in [2.75, 3.05) is 19.7 Å². The highest BCUT2D eigenvalue weighted by Crippen LogP contribution is 2.30. The van der Waals surface area contributed by atoms with Crippen LogP contribution in [0.15, 0.2) is 24.3 Å². The Morgan fingerprint density at radius 1 is 1.12 bits per heavy atom. The maximum atomic E-state index is 12.9. The van der Waals surface area contributed by atoms with Gasteiger partial charge in [0.1, 0.15) is 15.6 Å². The molecule has 0 spiro atoms. The fourth-order valence-corrected chi connectivity index (χ4v) is 4.21. The van der Waals surface area contributed by atoms with E-state index in [1.165, 1.54) is 30.6 Å². The van der Waals surface area contributed by atoms with Gasteiger partial charge in [-0.1, -0.05) is 19.3 Å². The standard InChI is InChI=1S/C20H26N2O2S/c1-3-24-17-11-9-16(10-12-17)19-21-15(2)18(25-19)20(23)22-13-7-5-4-6-8-14-22/h9-12H,3-8,13-14H2,1-2H3. The van der Waals surface area contributed by atoms with E-state index in [1.54, 1.807) is 0 Å². The smallest absolute Gasteiger partial charge is 0.265 e. The summed E-state index contributed by atoms with van der Waals surface area (Å²) in [5.41, 5.74) is 1.87. The van der Waals surface area contributed by atoms with Gasteiger partial charge in [-0.2, -0.15) is 0 Å². The molecule has 1 aliphatic rings. The monoisotopic (exact) mass is 358 g/mol. The van der Waals surface area contributed by atoms with Crippen molar-refractivity contribution in [3.63, 3.8) is 0 Å². The zero-order chi connectivity index (χ0) is 17.6. The van der Waals surface area contributed by atoms with Gasteiger partial charge in [-0.3, -0.25) is 4.79 Å². The van der Waals surface area contributed by atoms with Gasteiger partial charge < -0.3 is 9.64 Å². The van der Waals surface area contributed by atoms with Gasteiger partial charge in [0, 0.05) is 18.7 Å². The molecule has 0 unspecified atom stereocenters. The summed E-state index contributed by atoms with van der Waals surface area (Å²) in [5.74, 6) is 1.01. The predicted molar refractivity (Wildman–Crippen MR) is 102 cm³/mol. The van der Waals surface area contributed by atoms with E-state index >= 15 is 0 Å². The number of carbonyl (C=O) groups is 1. The van der Waals surface area contributed by atoms with Gasteiger partial charge >= 0.3 is 0 Å². The number of carbonyl (C=O) groups excluding carboxylic acids is 1. The molecule has 0 saturated carbocycles. The number of rotatable bonds is 4. The van der Waals surface area contributed by atoms with Crippen molar-refractivity contribution in [1.29, 1.82) is 0 Å². The van der Waals surface area contributed by atoms with Crippen molar-refractivity contribution in [2.24, 2.45) is 0 Å². The first-order valence-electron chi connectivity index (χ1n) is 9.19. The lowest BCUT2D eigenvalue weighted by molar-refractivity contribution is 0.0746. The van der Waals surface area contributed by atoms with Crippen LogP contribution >= 0.6 is 11.3 Å². The quantitative estimate of drug-likeness (QED) is 0.779. The van der Waals surface area contributed by atoms with E-state index in [0.717, 1.165) is 52.8 Å². The first kappa shape index (κ1) is 17.9. The van der Waals surface area contributed by atoms with Crippen molar-refractivity contribution >= 4 is 17.2 Å². The van der Waals surface area contributed by atoms with E-state index in [0.29, 0.717) is 6.61 Å². The highest BCUT2D eigenvalue weighted by atomic mass is 32.1. The summed E-state index contributed by atoms with van der Waals surface area (Å²) in [6.07, 6.45) is 5.96. The molecule has 2 heterocycles. The van der Waals surface area contributed by atoms with Gasteiger partial charge in [0.25, 0.3) is 5.91 Å². The van der Waals surface area contributed by atoms with Gasteiger partial charge in [0.15, 0.2) is 0 Å². The average molecular weight is 359 g/mol. The fourth-order valence-electron chi connectivity index (χ4n) is 3.17. The molecule has 1 aromatic carbocycles. The zero-order valence-electron chi connectivity index (χ0n) is 15.1. The Morgan fingerprint density at radius 2 is 1.76 bits per heavy atom. The number of amides is 1. The van der Waals surface area contributed by atoms with E-state index in [4.69, 9.17) is 4.74 Å². The van der Waals surface area contributed by atoms with E-state index in [-0.39, 0.29) is 5.91 Å². The van der Waals surface area contributed by atoms with Crippen LogP contribution in [0.4, 0.5) is 0 Å². The van der Waals surface area contributed by atoms with Gasteiger partial charge in [-0.15, -0.1) is 11.3 Å². The molecule has 0 atom stereocenters. The second-order valence-corrected chi connectivity index (χ2v) is 7.45. The molecule has 0 aliphatic carbocycles. The molecule has 1 fully saturated rings. The van der Waals surface area contributed by atoms with Crippen LogP contribution in [-0.4, -0.2) is 35.5 Å². The molecule has 0 N–H and O–H groups in total. The summed E-state index contributed by atoms with van der Waals surface area (Å²) in [6.45, 7) is 6.31. The van der Waals surface area contributed by atoms with Gasteiger partial charge in [-0.25, -0.2) is 4.98 Å². The third-order valence-electron chi connectivity index (χ3n) is 4.55. The van der Waals surface area contributed by atoms with Crippen molar-refractivity contribution in [1.82, 2.24) is 9.88 Å². The lowest BCUT2D eigenvalue weighted by atomic mass is 10.1. The number of hydrogen-bond acceptors (Lipinski definition) is 4. The normalized spacial score (nSPS) is 15.5. The van der Waals surface area contributed by atoms with E-state index in [9.17, 15) is 4.79 Å². The summed E-state index contributed by atoms with van der Waals surface area (Å²) in [6, 6.07) is 7.92. The molecule has 1 aromatic heterocycles. The van der Waals surface area contributed by atoms with Crippen molar-refractivity contribution in [3.8, 4) is 16.3 Å². The number of aromatic nitrogens is 1. The number of hydrogen-bond donors (Lipinski definition) is 0. The Labute approximate surface area is 153 Å². The van der Waals surface area contributed by atoms with Crippen LogP contribution in [0.1, 0.15) is 54.4 Å². The number of ether oxygens (including phenoxy) is 1. The number of benzene rings is 1. The van der Waals surface area contributed by atoms with Crippen molar-refractivity contribution < 1.29 is 9.53 Å². The molecule has 4 nitrogen and oxygen atoms in total. The molecule has 1 saturated heterocycles. The van der Waals surface area contributed by atoms with Crippen LogP contribution in [0, 0.1) is 6.92 Å². The number of aryl methyl sites for hydroxylation is 1. The molecule has 3 rings (SSSR count). The Hall–Kier alpha value is -1.88. The largest absolute Gasteiger partial charge is 0.494 e. The second-order valence-electron chi connectivity index (χ2n) is 6.45. The molecule has 2 aromatic rings. The SMILES string of the molecule is CCOc1ccc(-c2nc(C)c(C(=O)N3CCCCCCC3)s2)cc1. The van der Waals surface area contributed by atoms with Gasteiger partial charge in [0.05, 0.1) is 12.3 Å². The molecule has 25 heavy (non-hydrogen) atoms. The Bertz CT molecular complexity index is 701. The summed E-state index contributed by atoms with van der Waals surface area (Å²) in [7, 11) is 0. The first-order chi connectivity index (χ1) is 12.2. The highest BCUT2D eigenvalue weighted by molar-refractivity contribution is 7.17. The average Bonchev–Trinajstić information content (AvgIpc) is 2.97. The van der Waals surface area contributed by atoms with Crippen LogP contribution < -0.4 is 4.74 Å². The lowest BCUT2D eigenvalue weighted by Crippen LogP contribution is -2.33. The topological polar surface area (TPSA) is 42.4 Å². The highest BCUT2D eigenvalue weighted by Gasteiger charge is 2.22. The first-order valence-corrected chi connectivity index (χ1v) is 10.0. The van der Waals surface area contributed by atoms with Crippen molar-refractivity contribution in [3.05, 3.63) is 34.8 Å². The third-order valence-corrected chi connectivity index (χ3v) is 5.74. The summed E-state index contributed by atoms with van der Waals surface area (Å²) in [4.78, 5) is 20.4. The molecule has 0 radical (unpaired) electrons. The number of nitrogens with zero attached hydrogens (tertiary/aromatic N) is 2. The lowest BCUT2D eigenvalue weighted by Gasteiger charge is -2.24. The van der Waals surface area contributed by atoms with Crippen LogP contribution in [-0.2, 0) is 0 Å². The minimum Gasteiger partial charge on any atom is -0.494 e. The van der Waals surface area contributed by atoms with E-state index < -0.39 is 0 Å². The molecule has 0 bridgehead atoms. The Balaban J connectivity index is 1.77. The maximum Gasteiger partial charge on any atom is 0.265 e. The molecule has 1 aliphatic heterocycles. The Kier molecular flexibility index (Phi) is 6.08. The predicted octanol–water partition coefficient (Wildman–Crippen LogP) is 4.92. The second kappa shape index (κ2) is 8.48. The van der Waals surface area contributed by atoms with Gasteiger partial charge in [0.2, 0.25) is 0 Å². The fraction of sp³-hybridized carbons (Fsp3) is 0.500. The van der Waals surface area contributed by atoms with Crippen LogP contribution in [0.5, 0.6) is 5.75 Å². The van der Waals surface area contributed by atoms with Crippen molar-refractivity contribution in [2.45, 2.75) is 46.0 Å². The summed E-state index contributed by atoms with van der Waals surface area (Å²) >= 11 is 1.50. The summed E-state index contributed by atoms with van der Waals surface area (Å²) < 4.78 is 5.49. The van der Waals surface area contributed by atoms with Crippen LogP contribution in [0.2, 0.25) is 0 Å². The van der Waals surface area contributed by atoms with E-state index in [2.05, 4.69) is 4.98 Å². The van der Waals surface area contributed by atoms with Gasteiger partial charge in [-0.05, 0) is 51.0 Å². The molecular formula is C20H26N2O2S. The van der Waals surface area contributed by atoms with Crippen LogP contribution in [0.25, 0.3) is 10.6 Å². The third kappa shape index (κ3) is 4.40. The molecule has 5 heteroatoms. The molecular weight excluding hydrogens is 332 g/mol. The van der Waals surface area contributed by atoms with E-state index in [1.807, 2.05) is 43.0 Å². The zero-order valence-corrected chi connectivity index (χ0v) is 15.9. The minimum absolute atomic E-state index is 0.147.